The van der Waals surface area contributed by atoms with Gasteiger partial charge in [0.2, 0.25) is 6.29 Å². The molecule has 5 atom stereocenters. The highest BCUT2D eigenvalue weighted by molar-refractivity contribution is 5.88. The molecular formula is C20H26O5. The fraction of sp³-hybridized carbons (Fsp3) is 0.700. The number of aldehydes is 1. The maximum Gasteiger partial charge on any atom is 0.319 e. The molecule has 4 rings (SSSR count). The van der Waals surface area contributed by atoms with E-state index < -0.39 is 17.6 Å². The van der Waals surface area contributed by atoms with Gasteiger partial charge in [-0.1, -0.05) is 32.1 Å². The molecule has 136 valence electrons. The first-order valence-corrected chi connectivity index (χ1v) is 9.30. The number of carbonyl (C=O) groups is 2. The summed E-state index contributed by atoms with van der Waals surface area (Å²) in [6.45, 7) is 5.03. The van der Waals surface area contributed by atoms with Gasteiger partial charge in [-0.15, -0.1) is 0 Å². The summed E-state index contributed by atoms with van der Waals surface area (Å²) in [5, 5.41) is 0. The average Bonchev–Trinajstić information content (AvgIpc) is 2.87. The van der Waals surface area contributed by atoms with E-state index in [4.69, 9.17) is 14.2 Å². The number of allylic oxidation sites excluding steroid dienone is 2. The Kier molecular flexibility index (Phi) is 4.12. The van der Waals surface area contributed by atoms with E-state index in [0.717, 1.165) is 32.0 Å². The third-order valence-corrected chi connectivity index (χ3v) is 6.43. The molecule has 0 bridgehead atoms. The van der Waals surface area contributed by atoms with Crippen LogP contribution in [0.3, 0.4) is 0 Å². The topological polar surface area (TPSA) is 61.8 Å². The second-order valence-corrected chi connectivity index (χ2v) is 8.32. The highest BCUT2D eigenvalue weighted by Crippen LogP contribution is 2.61. The molecule has 1 unspecified atom stereocenters. The van der Waals surface area contributed by atoms with Crippen molar-refractivity contribution in [3.63, 3.8) is 0 Å². The standard InChI is InChI=1S/C20H26O5/c1-19(2)9-5-10-20-14(19)8-7-13(12-21)16(20)17(25-18(20)22)24-15-6-3-4-11-23-15/h5,7,10,12,14-17H,3-4,6,8-9,11H2,1-2H3/t14-,15?,16+,17-,20+/m0/s1. The molecule has 5 heteroatoms. The highest BCUT2D eigenvalue weighted by Gasteiger charge is 2.66. The Morgan fingerprint density at radius 2 is 2.16 bits per heavy atom. The molecule has 2 aliphatic carbocycles. The number of rotatable bonds is 3. The lowest BCUT2D eigenvalue weighted by atomic mass is 9.51. The Hall–Kier alpha value is -1.46. The number of ether oxygens (including phenoxy) is 3. The first-order chi connectivity index (χ1) is 12.0. The predicted molar refractivity (Wildman–Crippen MR) is 90.3 cm³/mol. The van der Waals surface area contributed by atoms with Crippen molar-refractivity contribution < 1.29 is 23.8 Å². The van der Waals surface area contributed by atoms with Crippen LogP contribution in [0.2, 0.25) is 0 Å². The zero-order valence-corrected chi connectivity index (χ0v) is 14.9. The molecule has 0 N–H and O–H groups in total. The SMILES string of the molecule is CC1(C)CC=C[C@]23C(=O)O[C@H](OC4CCCCO4)[C@H]2C(C=O)=CC[C@@H]13. The normalized spacial score (nSPS) is 42.2. The number of hydrogen-bond donors (Lipinski definition) is 0. The van der Waals surface area contributed by atoms with Gasteiger partial charge in [0.05, 0.1) is 5.92 Å². The van der Waals surface area contributed by atoms with Gasteiger partial charge in [-0.25, -0.2) is 0 Å². The lowest BCUT2D eigenvalue weighted by molar-refractivity contribution is -0.247. The molecule has 0 aromatic carbocycles. The van der Waals surface area contributed by atoms with Gasteiger partial charge in [-0.2, -0.15) is 0 Å². The summed E-state index contributed by atoms with van der Waals surface area (Å²) in [7, 11) is 0. The molecule has 0 radical (unpaired) electrons. The Morgan fingerprint density at radius 1 is 1.32 bits per heavy atom. The van der Waals surface area contributed by atoms with E-state index in [1.54, 1.807) is 0 Å². The molecule has 25 heavy (non-hydrogen) atoms. The zero-order chi connectivity index (χ0) is 17.7. The Labute approximate surface area is 148 Å². The van der Waals surface area contributed by atoms with Crippen LogP contribution >= 0.6 is 0 Å². The molecule has 5 nitrogen and oxygen atoms in total. The molecule has 0 amide bonds. The molecule has 4 aliphatic rings. The van der Waals surface area contributed by atoms with E-state index in [9.17, 15) is 9.59 Å². The van der Waals surface area contributed by atoms with Gasteiger partial charge in [0.1, 0.15) is 11.7 Å². The van der Waals surface area contributed by atoms with Crippen molar-refractivity contribution >= 4 is 12.3 Å². The molecule has 2 aliphatic heterocycles. The maximum atomic E-state index is 13.0. The summed E-state index contributed by atoms with van der Waals surface area (Å²) in [6, 6.07) is 0. The van der Waals surface area contributed by atoms with Crippen LogP contribution in [0.4, 0.5) is 0 Å². The minimum Gasteiger partial charge on any atom is -0.434 e. The zero-order valence-electron chi connectivity index (χ0n) is 14.9. The van der Waals surface area contributed by atoms with Gasteiger partial charge in [-0.3, -0.25) is 9.59 Å². The number of carbonyl (C=O) groups excluding carboxylic acids is 2. The van der Waals surface area contributed by atoms with Crippen molar-refractivity contribution in [3.05, 3.63) is 23.8 Å². The van der Waals surface area contributed by atoms with Crippen LogP contribution in [-0.4, -0.2) is 31.4 Å². The van der Waals surface area contributed by atoms with Crippen molar-refractivity contribution in [1.29, 1.82) is 0 Å². The van der Waals surface area contributed by atoms with E-state index in [2.05, 4.69) is 19.9 Å². The summed E-state index contributed by atoms with van der Waals surface area (Å²) in [4.78, 5) is 24.8. The van der Waals surface area contributed by atoms with Crippen LogP contribution in [0.25, 0.3) is 0 Å². The lowest BCUT2D eigenvalue weighted by Gasteiger charge is -2.50. The van der Waals surface area contributed by atoms with Gasteiger partial charge in [0, 0.05) is 6.61 Å². The number of cyclic esters (lactones) is 1. The van der Waals surface area contributed by atoms with Crippen molar-refractivity contribution in [3.8, 4) is 0 Å². The van der Waals surface area contributed by atoms with Crippen LogP contribution < -0.4 is 0 Å². The maximum absolute atomic E-state index is 13.0. The van der Waals surface area contributed by atoms with Crippen LogP contribution in [0, 0.1) is 22.7 Å². The van der Waals surface area contributed by atoms with E-state index >= 15 is 0 Å². The minimum absolute atomic E-state index is 0.0346. The van der Waals surface area contributed by atoms with Gasteiger partial charge in [-0.05, 0) is 49.0 Å². The molecule has 1 spiro atoms. The molecule has 2 saturated heterocycles. The fourth-order valence-electron chi connectivity index (χ4n) is 5.14. The Morgan fingerprint density at radius 3 is 2.88 bits per heavy atom. The smallest absolute Gasteiger partial charge is 0.319 e. The molecule has 0 aromatic rings. The van der Waals surface area contributed by atoms with Crippen LogP contribution in [0.5, 0.6) is 0 Å². The summed E-state index contributed by atoms with van der Waals surface area (Å²) in [5.41, 5.74) is -0.218. The van der Waals surface area contributed by atoms with Crippen molar-refractivity contribution in [2.75, 3.05) is 6.61 Å². The largest absolute Gasteiger partial charge is 0.434 e. The second-order valence-electron chi connectivity index (χ2n) is 8.32. The quantitative estimate of drug-likeness (QED) is 0.446. The molecular weight excluding hydrogens is 320 g/mol. The molecule has 2 fully saturated rings. The Balaban J connectivity index is 1.71. The first-order valence-electron chi connectivity index (χ1n) is 9.30. The summed E-state index contributed by atoms with van der Waals surface area (Å²) < 4.78 is 17.4. The summed E-state index contributed by atoms with van der Waals surface area (Å²) in [5.74, 6) is -0.551. The summed E-state index contributed by atoms with van der Waals surface area (Å²) >= 11 is 0. The number of hydrogen-bond acceptors (Lipinski definition) is 5. The third kappa shape index (κ3) is 2.51. The van der Waals surface area contributed by atoms with Crippen molar-refractivity contribution in [2.24, 2.45) is 22.7 Å². The Bertz CT molecular complexity index is 628. The molecule has 2 heterocycles. The highest BCUT2D eigenvalue weighted by atomic mass is 16.8. The van der Waals surface area contributed by atoms with Crippen LogP contribution in [0.15, 0.2) is 23.8 Å². The van der Waals surface area contributed by atoms with E-state index in [0.29, 0.717) is 18.6 Å². The van der Waals surface area contributed by atoms with Crippen LogP contribution in [0.1, 0.15) is 46.0 Å². The van der Waals surface area contributed by atoms with E-state index in [1.165, 1.54) is 0 Å². The minimum atomic E-state index is -0.800. The summed E-state index contributed by atoms with van der Waals surface area (Å²) in [6.07, 6.45) is 10.2. The van der Waals surface area contributed by atoms with E-state index in [-0.39, 0.29) is 23.6 Å². The lowest BCUT2D eigenvalue weighted by Crippen LogP contribution is -2.51. The third-order valence-electron chi connectivity index (χ3n) is 6.43. The average molecular weight is 346 g/mol. The van der Waals surface area contributed by atoms with Crippen molar-refractivity contribution in [2.45, 2.75) is 58.5 Å². The molecule has 0 aromatic heterocycles. The molecule has 0 saturated carbocycles. The first kappa shape index (κ1) is 17.0. The van der Waals surface area contributed by atoms with Gasteiger partial charge in [0.25, 0.3) is 0 Å². The monoisotopic (exact) mass is 346 g/mol. The van der Waals surface area contributed by atoms with Crippen molar-refractivity contribution in [1.82, 2.24) is 0 Å². The van der Waals surface area contributed by atoms with Gasteiger partial charge in [0.15, 0.2) is 6.29 Å². The van der Waals surface area contributed by atoms with Crippen LogP contribution in [-0.2, 0) is 23.8 Å². The fourth-order valence-corrected chi connectivity index (χ4v) is 5.14. The van der Waals surface area contributed by atoms with E-state index in [1.807, 2.05) is 12.2 Å². The second kappa shape index (κ2) is 6.06. The number of esters is 1. The van der Waals surface area contributed by atoms with Gasteiger partial charge < -0.3 is 14.2 Å². The van der Waals surface area contributed by atoms with Gasteiger partial charge >= 0.3 is 5.97 Å². The predicted octanol–water partition coefficient (Wildman–Crippen LogP) is 3.15.